The molecule has 0 nitrogen and oxygen atoms in total. The normalized spacial score (nSPS) is 12.1. The van der Waals surface area contributed by atoms with Crippen LogP contribution in [0.2, 0.25) is 0 Å². The van der Waals surface area contributed by atoms with Crippen LogP contribution in [0.5, 0.6) is 0 Å². The first-order chi connectivity index (χ1) is 26.8. The Balaban J connectivity index is 1.04. The third-order valence-corrected chi connectivity index (χ3v) is 13.8. The predicted octanol–water partition coefficient (Wildman–Crippen LogP) is 16.0. The molecule has 12 rings (SSSR count). The van der Waals surface area contributed by atoms with Crippen LogP contribution in [-0.2, 0) is 0 Å². The monoisotopic (exact) mass is 718 g/mol. The second-order valence-corrected chi connectivity index (χ2v) is 16.5. The molecule has 2 heteroatoms. The SMILES string of the molecule is c1ccc2c(-c3c4ccccc4c(-c4ccc5c(c4)sc4cc(-c6cccc7c6ccc6c8ccccc8sc76)ccc45)c4ccccc34)cccc2c1. The summed E-state index contributed by atoms with van der Waals surface area (Å²) in [5, 5.41) is 15.6. The van der Waals surface area contributed by atoms with Crippen molar-refractivity contribution < 1.29 is 0 Å². The minimum atomic E-state index is 1.26. The average molecular weight is 719 g/mol. The van der Waals surface area contributed by atoms with E-state index < -0.39 is 0 Å². The van der Waals surface area contributed by atoms with Gasteiger partial charge in [-0.3, -0.25) is 0 Å². The first-order valence-electron chi connectivity index (χ1n) is 18.5. The van der Waals surface area contributed by atoms with Crippen LogP contribution in [0.3, 0.4) is 0 Å². The van der Waals surface area contributed by atoms with Crippen molar-refractivity contribution in [3.8, 4) is 33.4 Å². The van der Waals surface area contributed by atoms with Crippen LogP contribution in [0.4, 0.5) is 0 Å². The highest BCUT2D eigenvalue weighted by molar-refractivity contribution is 7.26. The van der Waals surface area contributed by atoms with Gasteiger partial charge in [0.15, 0.2) is 0 Å². The molecule has 0 amide bonds. The average Bonchev–Trinajstić information content (AvgIpc) is 3.80. The van der Waals surface area contributed by atoms with Gasteiger partial charge in [0.25, 0.3) is 0 Å². The molecule has 54 heavy (non-hydrogen) atoms. The Hall–Kier alpha value is -6.32. The lowest BCUT2D eigenvalue weighted by atomic mass is 9.84. The van der Waals surface area contributed by atoms with Crippen LogP contribution in [0.1, 0.15) is 0 Å². The molecule has 250 valence electrons. The van der Waals surface area contributed by atoms with E-state index in [1.165, 1.54) is 117 Å². The zero-order valence-corrected chi connectivity index (χ0v) is 30.8. The minimum absolute atomic E-state index is 1.26. The molecule has 0 aliphatic carbocycles. The Kier molecular flexibility index (Phi) is 6.48. The van der Waals surface area contributed by atoms with Crippen molar-refractivity contribution >= 4 is 106 Å². The third-order valence-electron chi connectivity index (χ3n) is 11.5. The van der Waals surface area contributed by atoms with Crippen molar-refractivity contribution in [2.75, 3.05) is 0 Å². The summed E-state index contributed by atoms with van der Waals surface area (Å²) in [6.07, 6.45) is 0. The Morgan fingerprint density at radius 1 is 0.259 bits per heavy atom. The quantitative estimate of drug-likeness (QED) is 0.160. The van der Waals surface area contributed by atoms with Gasteiger partial charge in [-0.25, -0.2) is 0 Å². The Morgan fingerprint density at radius 2 is 0.741 bits per heavy atom. The summed E-state index contributed by atoms with van der Waals surface area (Å²) in [6, 6.07) is 67.8. The highest BCUT2D eigenvalue weighted by Crippen LogP contribution is 2.47. The highest BCUT2D eigenvalue weighted by Gasteiger charge is 2.19. The van der Waals surface area contributed by atoms with Crippen molar-refractivity contribution in [3.05, 3.63) is 182 Å². The van der Waals surface area contributed by atoms with Crippen LogP contribution in [0, 0.1) is 0 Å². The van der Waals surface area contributed by atoms with E-state index in [4.69, 9.17) is 0 Å². The molecule has 0 saturated carbocycles. The number of benzene rings is 10. The van der Waals surface area contributed by atoms with E-state index in [0.717, 1.165) is 0 Å². The summed E-state index contributed by atoms with van der Waals surface area (Å²) >= 11 is 3.81. The van der Waals surface area contributed by atoms with Crippen molar-refractivity contribution in [2.45, 2.75) is 0 Å². The van der Waals surface area contributed by atoms with Gasteiger partial charge in [-0.2, -0.15) is 0 Å². The van der Waals surface area contributed by atoms with Crippen LogP contribution in [-0.4, -0.2) is 0 Å². The number of hydrogen-bond donors (Lipinski definition) is 0. The molecule has 0 spiro atoms. The highest BCUT2D eigenvalue weighted by atomic mass is 32.1. The summed E-state index contributed by atoms with van der Waals surface area (Å²) in [4.78, 5) is 0. The summed E-state index contributed by atoms with van der Waals surface area (Å²) in [5.74, 6) is 0. The van der Waals surface area contributed by atoms with Crippen molar-refractivity contribution in [2.24, 2.45) is 0 Å². The second-order valence-electron chi connectivity index (χ2n) is 14.3. The molecule has 0 atom stereocenters. The molecule has 10 aromatic carbocycles. The van der Waals surface area contributed by atoms with Gasteiger partial charge in [-0.1, -0.05) is 164 Å². The Morgan fingerprint density at radius 3 is 1.50 bits per heavy atom. The molecule has 0 N–H and O–H groups in total. The molecule has 0 unspecified atom stereocenters. The molecule has 0 bridgehead atoms. The van der Waals surface area contributed by atoms with E-state index in [0.29, 0.717) is 0 Å². The summed E-state index contributed by atoms with van der Waals surface area (Å²) in [7, 11) is 0. The molecule has 0 aliphatic heterocycles. The second kappa shape index (κ2) is 11.6. The first-order valence-corrected chi connectivity index (χ1v) is 20.1. The number of rotatable bonds is 3. The van der Waals surface area contributed by atoms with E-state index in [1.54, 1.807) is 0 Å². The predicted molar refractivity (Wildman–Crippen MR) is 239 cm³/mol. The third kappa shape index (κ3) is 4.36. The summed E-state index contributed by atoms with van der Waals surface area (Å²) in [5.41, 5.74) is 7.69. The van der Waals surface area contributed by atoms with E-state index >= 15 is 0 Å². The number of hydrogen-bond acceptors (Lipinski definition) is 2. The molecule has 12 aromatic rings. The maximum atomic E-state index is 2.43. The van der Waals surface area contributed by atoms with Gasteiger partial charge in [0.05, 0.1) is 0 Å². The van der Waals surface area contributed by atoms with E-state index in [-0.39, 0.29) is 0 Å². The van der Waals surface area contributed by atoms with Gasteiger partial charge in [-0.05, 0) is 89.3 Å². The van der Waals surface area contributed by atoms with Crippen LogP contribution >= 0.6 is 22.7 Å². The van der Waals surface area contributed by atoms with Crippen molar-refractivity contribution in [3.63, 3.8) is 0 Å². The lowest BCUT2D eigenvalue weighted by molar-refractivity contribution is 1.69. The van der Waals surface area contributed by atoms with Gasteiger partial charge in [-0.15, -0.1) is 22.7 Å². The minimum Gasteiger partial charge on any atom is -0.135 e. The standard InChI is InChI=1S/C52H30S2/c1-2-13-34-31(11-1)12-9-20-40(34)51-43-17-5-3-15-41(43)50(42-16-4-6-18-44(42)51)33-24-26-39-38-25-23-32(29-48(38)53-49(39)30-33)35-19-10-21-45-36(35)27-28-46-37-14-7-8-22-47(37)54-52(45)46/h1-30H. The lowest BCUT2D eigenvalue weighted by Gasteiger charge is -2.18. The van der Waals surface area contributed by atoms with Gasteiger partial charge in [0.2, 0.25) is 0 Å². The van der Waals surface area contributed by atoms with Crippen LogP contribution in [0.25, 0.3) is 117 Å². The Bertz CT molecular complexity index is 3440. The van der Waals surface area contributed by atoms with E-state index in [1.807, 2.05) is 22.7 Å². The van der Waals surface area contributed by atoms with Crippen LogP contribution < -0.4 is 0 Å². The fraction of sp³-hybridized carbons (Fsp3) is 0. The summed E-state index contributed by atoms with van der Waals surface area (Å²) < 4.78 is 5.35. The van der Waals surface area contributed by atoms with Crippen LogP contribution in [0.15, 0.2) is 182 Å². The molecule has 0 aliphatic rings. The fourth-order valence-corrected chi connectivity index (χ4v) is 11.5. The molecule has 2 aromatic heterocycles. The Labute approximate surface area is 319 Å². The van der Waals surface area contributed by atoms with Gasteiger partial charge < -0.3 is 0 Å². The number of thiophene rings is 2. The first kappa shape index (κ1) is 30.2. The van der Waals surface area contributed by atoms with Gasteiger partial charge >= 0.3 is 0 Å². The lowest BCUT2D eigenvalue weighted by Crippen LogP contribution is -1.91. The largest absolute Gasteiger partial charge is 0.135 e. The zero-order chi connectivity index (χ0) is 35.3. The maximum absolute atomic E-state index is 2.43. The van der Waals surface area contributed by atoms with Gasteiger partial charge in [0.1, 0.15) is 0 Å². The molecule has 2 heterocycles. The topological polar surface area (TPSA) is 0 Å². The van der Waals surface area contributed by atoms with Gasteiger partial charge in [0, 0.05) is 45.7 Å². The fourth-order valence-electron chi connectivity index (χ4n) is 9.07. The number of fused-ring (bicyclic) bond motifs is 11. The maximum Gasteiger partial charge on any atom is 0.0434 e. The zero-order valence-electron chi connectivity index (χ0n) is 29.1. The van der Waals surface area contributed by atoms with Crippen molar-refractivity contribution in [1.82, 2.24) is 0 Å². The van der Waals surface area contributed by atoms with Crippen molar-refractivity contribution in [1.29, 1.82) is 0 Å². The summed E-state index contributed by atoms with van der Waals surface area (Å²) in [6.45, 7) is 0. The molecular weight excluding hydrogens is 689 g/mol. The molecular formula is C52H30S2. The molecule has 0 saturated heterocycles. The van der Waals surface area contributed by atoms with E-state index in [2.05, 4.69) is 182 Å². The van der Waals surface area contributed by atoms with E-state index in [9.17, 15) is 0 Å². The smallest absolute Gasteiger partial charge is 0.0434 e. The molecule has 0 fully saturated rings. The molecule has 0 radical (unpaired) electrons.